The fraction of sp³-hybridized carbons (Fsp3) is 0.222. The van der Waals surface area contributed by atoms with Gasteiger partial charge in [0.2, 0.25) is 0 Å². The molecule has 0 fully saturated rings. The summed E-state index contributed by atoms with van der Waals surface area (Å²) < 4.78 is 20.6. The van der Waals surface area contributed by atoms with Crippen LogP contribution in [0.1, 0.15) is 5.56 Å². The minimum absolute atomic E-state index is 0.295. The predicted octanol–water partition coefficient (Wildman–Crippen LogP) is 4.10. The second kappa shape index (κ2) is 7.49. The number of ether oxygens (including phenoxy) is 1. The maximum absolute atomic E-state index is 13.1. The normalized spacial score (nSPS) is 10.8. The molecule has 124 valence electrons. The highest BCUT2D eigenvalue weighted by molar-refractivity contribution is 7.99. The molecule has 1 aromatic heterocycles. The Kier molecular flexibility index (Phi) is 5.15. The first-order chi connectivity index (χ1) is 11.6. The third kappa shape index (κ3) is 3.94. The summed E-state index contributed by atoms with van der Waals surface area (Å²) in [6.45, 7) is 2.53. The Morgan fingerprint density at radius 3 is 2.75 bits per heavy atom. The largest absolute Gasteiger partial charge is 0.493 e. The number of hydrogen-bond donors (Lipinski definition) is 0. The van der Waals surface area contributed by atoms with Crippen LogP contribution >= 0.6 is 11.8 Å². The maximum Gasteiger partial charge on any atom is 0.191 e. The van der Waals surface area contributed by atoms with Crippen LogP contribution in [0.25, 0.3) is 11.4 Å². The van der Waals surface area contributed by atoms with Crippen molar-refractivity contribution >= 4 is 11.8 Å². The van der Waals surface area contributed by atoms with Crippen LogP contribution in [0.15, 0.2) is 53.7 Å². The summed E-state index contributed by atoms with van der Waals surface area (Å²) in [6, 6.07) is 14.3. The van der Waals surface area contributed by atoms with Gasteiger partial charge in [-0.3, -0.25) is 0 Å². The third-order valence-corrected chi connectivity index (χ3v) is 4.47. The van der Waals surface area contributed by atoms with E-state index in [0.717, 1.165) is 16.5 Å². The average Bonchev–Trinajstić information content (AvgIpc) is 2.93. The van der Waals surface area contributed by atoms with Crippen molar-refractivity contribution in [2.45, 2.75) is 12.1 Å². The van der Waals surface area contributed by atoms with E-state index < -0.39 is 0 Å². The monoisotopic (exact) mass is 343 g/mol. The number of aromatic nitrogens is 3. The molecule has 0 unspecified atom stereocenters. The van der Waals surface area contributed by atoms with Crippen molar-refractivity contribution in [1.29, 1.82) is 0 Å². The van der Waals surface area contributed by atoms with Gasteiger partial charge in [0, 0.05) is 24.4 Å². The zero-order chi connectivity index (χ0) is 16.9. The Bertz CT molecular complexity index is 835. The molecule has 3 rings (SSSR count). The highest BCUT2D eigenvalue weighted by atomic mass is 32.2. The molecule has 0 aliphatic carbocycles. The number of rotatable bonds is 6. The molecule has 0 saturated heterocycles. The van der Waals surface area contributed by atoms with E-state index in [2.05, 4.69) is 29.3 Å². The smallest absolute Gasteiger partial charge is 0.191 e. The van der Waals surface area contributed by atoms with E-state index in [4.69, 9.17) is 4.74 Å². The second-order valence-corrected chi connectivity index (χ2v) is 6.45. The number of aryl methyl sites for hydroxylation is 1. The molecular weight excluding hydrogens is 325 g/mol. The number of benzene rings is 2. The number of thioether (sulfide) groups is 1. The lowest BCUT2D eigenvalue weighted by atomic mass is 10.1. The third-order valence-electron chi connectivity index (χ3n) is 3.49. The zero-order valence-corrected chi connectivity index (χ0v) is 14.4. The van der Waals surface area contributed by atoms with Crippen molar-refractivity contribution in [2.75, 3.05) is 12.4 Å². The van der Waals surface area contributed by atoms with Crippen LogP contribution in [-0.4, -0.2) is 27.1 Å². The minimum Gasteiger partial charge on any atom is -0.493 e. The zero-order valence-electron chi connectivity index (χ0n) is 13.6. The first kappa shape index (κ1) is 16.5. The van der Waals surface area contributed by atoms with E-state index in [0.29, 0.717) is 18.1 Å². The van der Waals surface area contributed by atoms with E-state index in [9.17, 15) is 4.39 Å². The van der Waals surface area contributed by atoms with Gasteiger partial charge in [0.05, 0.1) is 6.61 Å². The topological polar surface area (TPSA) is 39.9 Å². The molecule has 0 spiro atoms. The van der Waals surface area contributed by atoms with Gasteiger partial charge < -0.3 is 9.30 Å². The number of hydrogen-bond acceptors (Lipinski definition) is 4. The molecule has 3 aromatic rings. The van der Waals surface area contributed by atoms with Gasteiger partial charge in [-0.05, 0) is 25.1 Å². The highest BCUT2D eigenvalue weighted by Crippen LogP contribution is 2.23. The molecule has 2 aromatic carbocycles. The Balaban J connectivity index is 1.58. The highest BCUT2D eigenvalue weighted by Gasteiger charge is 2.11. The van der Waals surface area contributed by atoms with Crippen molar-refractivity contribution in [3.8, 4) is 17.1 Å². The Morgan fingerprint density at radius 2 is 1.96 bits per heavy atom. The lowest BCUT2D eigenvalue weighted by Crippen LogP contribution is -2.02. The molecule has 0 amide bonds. The van der Waals surface area contributed by atoms with Crippen LogP contribution in [-0.2, 0) is 7.05 Å². The van der Waals surface area contributed by atoms with Crippen LogP contribution < -0.4 is 4.74 Å². The summed E-state index contributed by atoms with van der Waals surface area (Å²) in [5.74, 6) is 1.79. The van der Waals surface area contributed by atoms with E-state index in [1.807, 2.05) is 23.7 Å². The molecule has 24 heavy (non-hydrogen) atoms. The lowest BCUT2D eigenvalue weighted by molar-refractivity contribution is 0.342. The summed E-state index contributed by atoms with van der Waals surface area (Å²) in [5.41, 5.74) is 2.24. The van der Waals surface area contributed by atoms with E-state index in [-0.39, 0.29) is 5.82 Å². The maximum atomic E-state index is 13.1. The van der Waals surface area contributed by atoms with E-state index >= 15 is 0 Å². The fourth-order valence-corrected chi connectivity index (χ4v) is 3.05. The Labute approximate surface area is 144 Å². The minimum atomic E-state index is -0.295. The first-order valence-electron chi connectivity index (χ1n) is 7.61. The molecule has 4 nitrogen and oxygen atoms in total. The van der Waals surface area contributed by atoms with Gasteiger partial charge in [0.25, 0.3) is 0 Å². The molecule has 0 aliphatic heterocycles. The number of nitrogens with zero attached hydrogens (tertiary/aromatic N) is 3. The first-order valence-corrected chi connectivity index (χ1v) is 8.59. The lowest BCUT2D eigenvalue weighted by Gasteiger charge is -2.06. The van der Waals surface area contributed by atoms with E-state index in [1.165, 1.54) is 17.7 Å². The van der Waals surface area contributed by atoms with Crippen LogP contribution in [0.3, 0.4) is 0 Å². The summed E-state index contributed by atoms with van der Waals surface area (Å²) in [4.78, 5) is 0. The molecule has 0 saturated carbocycles. The second-order valence-electron chi connectivity index (χ2n) is 5.39. The summed E-state index contributed by atoms with van der Waals surface area (Å²) in [5, 5.41) is 9.35. The Morgan fingerprint density at radius 1 is 1.12 bits per heavy atom. The molecule has 0 atom stereocenters. The summed E-state index contributed by atoms with van der Waals surface area (Å²) >= 11 is 1.56. The van der Waals surface area contributed by atoms with Crippen LogP contribution in [0.4, 0.5) is 4.39 Å². The van der Waals surface area contributed by atoms with Crippen LogP contribution in [0.5, 0.6) is 5.75 Å². The summed E-state index contributed by atoms with van der Waals surface area (Å²) in [7, 11) is 1.95. The van der Waals surface area contributed by atoms with E-state index in [1.54, 1.807) is 23.9 Å². The quantitative estimate of drug-likeness (QED) is 0.499. The van der Waals surface area contributed by atoms with Crippen molar-refractivity contribution in [2.24, 2.45) is 7.05 Å². The van der Waals surface area contributed by atoms with Gasteiger partial charge in [-0.2, -0.15) is 0 Å². The standard InChI is InChI=1S/C18H18FN3OS/c1-13-5-3-6-14(11-13)17-20-21-18(22(17)2)24-10-9-23-16-8-4-7-15(19)12-16/h3-8,11-12H,9-10H2,1-2H3. The Hall–Kier alpha value is -2.34. The van der Waals surface area contributed by atoms with Crippen molar-refractivity contribution in [3.05, 3.63) is 59.9 Å². The van der Waals surface area contributed by atoms with Gasteiger partial charge in [0.15, 0.2) is 11.0 Å². The molecule has 0 bridgehead atoms. The van der Waals surface area contributed by atoms with Crippen molar-refractivity contribution < 1.29 is 9.13 Å². The van der Waals surface area contributed by atoms with Gasteiger partial charge in [-0.15, -0.1) is 10.2 Å². The molecule has 0 N–H and O–H groups in total. The predicted molar refractivity (Wildman–Crippen MR) is 93.8 cm³/mol. The number of halogens is 1. The van der Waals surface area contributed by atoms with Gasteiger partial charge in [0.1, 0.15) is 11.6 Å². The average molecular weight is 343 g/mol. The van der Waals surface area contributed by atoms with Gasteiger partial charge >= 0.3 is 0 Å². The SMILES string of the molecule is Cc1cccc(-c2nnc(SCCOc3cccc(F)c3)n2C)c1. The van der Waals surface area contributed by atoms with Crippen molar-refractivity contribution in [1.82, 2.24) is 14.8 Å². The van der Waals surface area contributed by atoms with Gasteiger partial charge in [-0.1, -0.05) is 41.6 Å². The molecular formula is C18H18FN3OS. The molecule has 1 heterocycles. The van der Waals surface area contributed by atoms with Gasteiger partial charge in [-0.25, -0.2) is 4.39 Å². The molecule has 0 aliphatic rings. The summed E-state index contributed by atoms with van der Waals surface area (Å²) in [6.07, 6.45) is 0. The fourth-order valence-electron chi connectivity index (χ4n) is 2.33. The van der Waals surface area contributed by atoms with Crippen molar-refractivity contribution in [3.63, 3.8) is 0 Å². The van der Waals surface area contributed by atoms with Crippen LogP contribution in [0.2, 0.25) is 0 Å². The molecule has 0 radical (unpaired) electrons. The van der Waals surface area contributed by atoms with Crippen LogP contribution in [0, 0.1) is 12.7 Å². The molecule has 6 heteroatoms.